The van der Waals surface area contributed by atoms with Gasteiger partial charge in [-0.2, -0.15) is 0 Å². The van der Waals surface area contributed by atoms with E-state index in [-0.39, 0.29) is 18.0 Å². The highest BCUT2D eigenvalue weighted by molar-refractivity contribution is 6.00. The van der Waals surface area contributed by atoms with Gasteiger partial charge in [0.1, 0.15) is 0 Å². The second kappa shape index (κ2) is 7.15. The second-order valence-corrected chi connectivity index (χ2v) is 3.98. The van der Waals surface area contributed by atoms with Gasteiger partial charge in [0.05, 0.1) is 6.54 Å². The molecule has 1 aromatic rings. The van der Waals surface area contributed by atoms with E-state index in [4.69, 9.17) is 5.73 Å². The molecule has 0 bridgehead atoms. The van der Waals surface area contributed by atoms with E-state index in [9.17, 15) is 14.4 Å². The molecule has 0 aliphatic rings. The number of nitrogens with one attached hydrogen (secondary N) is 2. The van der Waals surface area contributed by atoms with Gasteiger partial charge in [0.25, 0.3) is 5.91 Å². The fourth-order valence-electron chi connectivity index (χ4n) is 1.40. The minimum Gasteiger partial charge on any atom is -0.366 e. The summed E-state index contributed by atoms with van der Waals surface area (Å²) in [6, 6.07) is 6.02. The molecule has 4 N–H and O–H groups in total. The Morgan fingerprint density at radius 2 is 1.84 bits per heavy atom. The molecule has 0 heterocycles. The Kier molecular flexibility index (Phi) is 5.53. The van der Waals surface area contributed by atoms with E-state index in [0.29, 0.717) is 12.1 Å². The van der Waals surface area contributed by atoms with Gasteiger partial charge in [-0.25, -0.2) is 0 Å². The number of primary amides is 1. The maximum absolute atomic E-state index is 11.8. The van der Waals surface area contributed by atoms with Crippen molar-refractivity contribution < 1.29 is 14.4 Å². The average molecular weight is 263 g/mol. The van der Waals surface area contributed by atoms with Crippen molar-refractivity contribution in [1.29, 1.82) is 0 Å². The monoisotopic (exact) mass is 263 g/mol. The summed E-state index contributed by atoms with van der Waals surface area (Å²) >= 11 is 0. The molecule has 1 rings (SSSR count). The third-order valence-corrected chi connectivity index (χ3v) is 2.39. The van der Waals surface area contributed by atoms with Gasteiger partial charge >= 0.3 is 0 Å². The summed E-state index contributed by atoms with van der Waals surface area (Å²) in [7, 11) is 0. The minimum absolute atomic E-state index is 0.0976. The lowest BCUT2D eigenvalue weighted by Gasteiger charge is -2.06. The van der Waals surface area contributed by atoms with Gasteiger partial charge in [0, 0.05) is 17.7 Å². The number of benzene rings is 1. The van der Waals surface area contributed by atoms with Gasteiger partial charge in [0.2, 0.25) is 11.8 Å². The smallest absolute Gasteiger partial charge is 0.251 e. The molecule has 6 heteroatoms. The van der Waals surface area contributed by atoms with Crippen molar-refractivity contribution in [2.45, 2.75) is 13.3 Å². The van der Waals surface area contributed by atoms with Crippen LogP contribution in [0, 0.1) is 0 Å². The van der Waals surface area contributed by atoms with Crippen LogP contribution in [0.4, 0.5) is 0 Å². The molecule has 1 aromatic carbocycles. The van der Waals surface area contributed by atoms with Gasteiger partial charge in [-0.15, -0.1) is 0 Å². The highest BCUT2D eigenvalue weighted by Crippen LogP contribution is 2.04. The molecule has 0 fully saturated rings. The Balaban J connectivity index is 2.56. The van der Waals surface area contributed by atoms with Gasteiger partial charge in [-0.05, 0) is 24.6 Å². The maximum atomic E-state index is 11.8. The van der Waals surface area contributed by atoms with Crippen LogP contribution >= 0.6 is 0 Å². The molecule has 102 valence electrons. The van der Waals surface area contributed by atoms with Gasteiger partial charge in [0.15, 0.2) is 0 Å². The summed E-state index contributed by atoms with van der Waals surface area (Å²) in [6.45, 7) is 2.42. The molecule has 6 nitrogen and oxygen atoms in total. The van der Waals surface area contributed by atoms with E-state index < -0.39 is 11.8 Å². The van der Waals surface area contributed by atoms with E-state index in [1.54, 1.807) is 12.1 Å². The van der Waals surface area contributed by atoms with Crippen molar-refractivity contribution in [3.8, 4) is 0 Å². The number of hydrogen-bond acceptors (Lipinski definition) is 3. The summed E-state index contributed by atoms with van der Waals surface area (Å²) < 4.78 is 0. The molecule has 0 saturated carbocycles. The number of carbonyl (C=O) groups is 3. The summed E-state index contributed by atoms with van der Waals surface area (Å²) in [5, 5.41) is 5.11. The first kappa shape index (κ1) is 14.7. The first-order valence-corrected chi connectivity index (χ1v) is 5.99. The van der Waals surface area contributed by atoms with Crippen LogP contribution in [0.3, 0.4) is 0 Å². The lowest BCUT2D eigenvalue weighted by atomic mass is 10.1. The normalized spacial score (nSPS) is 9.74. The zero-order valence-electron chi connectivity index (χ0n) is 10.7. The van der Waals surface area contributed by atoms with Crippen LogP contribution in [0.5, 0.6) is 0 Å². The lowest BCUT2D eigenvalue weighted by molar-refractivity contribution is -0.120. The molecule has 0 radical (unpaired) electrons. The summed E-state index contributed by atoms with van der Waals surface area (Å²) in [4.78, 5) is 34.1. The number of rotatable bonds is 6. The van der Waals surface area contributed by atoms with Crippen LogP contribution in [0.15, 0.2) is 24.3 Å². The molecule has 0 atom stereocenters. The third-order valence-electron chi connectivity index (χ3n) is 2.39. The molecule has 0 aliphatic carbocycles. The van der Waals surface area contributed by atoms with Gasteiger partial charge in [-0.3, -0.25) is 14.4 Å². The highest BCUT2D eigenvalue weighted by Gasteiger charge is 2.09. The molecular formula is C13H17N3O3. The Bertz CT molecular complexity index is 486. The molecule has 0 aromatic heterocycles. The first-order valence-electron chi connectivity index (χ1n) is 5.99. The summed E-state index contributed by atoms with van der Waals surface area (Å²) in [5.74, 6) is -1.27. The zero-order valence-corrected chi connectivity index (χ0v) is 10.7. The zero-order chi connectivity index (χ0) is 14.3. The third kappa shape index (κ3) is 4.79. The van der Waals surface area contributed by atoms with E-state index in [1.165, 1.54) is 12.1 Å². The SMILES string of the molecule is CCCNC(=O)CNC(=O)c1cccc(C(N)=O)c1. The molecule has 0 unspecified atom stereocenters. The predicted octanol–water partition coefficient (Wildman–Crippen LogP) is 0.0415. The van der Waals surface area contributed by atoms with Crippen LogP contribution in [0.1, 0.15) is 34.1 Å². The van der Waals surface area contributed by atoms with Crippen molar-refractivity contribution in [2.24, 2.45) is 5.73 Å². The van der Waals surface area contributed by atoms with Crippen molar-refractivity contribution in [3.63, 3.8) is 0 Å². The number of carbonyl (C=O) groups excluding carboxylic acids is 3. The quantitative estimate of drug-likeness (QED) is 0.675. The van der Waals surface area contributed by atoms with E-state index >= 15 is 0 Å². The predicted molar refractivity (Wildman–Crippen MR) is 70.6 cm³/mol. The topological polar surface area (TPSA) is 101 Å². The molecule has 3 amide bonds. The van der Waals surface area contributed by atoms with Crippen molar-refractivity contribution in [1.82, 2.24) is 10.6 Å². The van der Waals surface area contributed by atoms with Crippen LogP contribution in [0.25, 0.3) is 0 Å². The molecule has 0 saturated heterocycles. The Labute approximate surface area is 111 Å². The van der Waals surface area contributed by atoms with E-state index in [1.807, 2.05) is 6.92 Å². The van der Waals surface area contributed by atoms with Crippen LogP contribution in [0.2, 0.25) is 0 Å². The first-order chi connectivity index (χ1) is 9.04. The minimum atomic E-state index is -0.602. The molecule has 19 heavy (non-hydrogen) atoms. The fourth-order valence-corrected chi connectivity index (χ4v) is 1.40. The van der Waals surface area contributed by atoms with E-state index in [0.717, 1.165) is 6.42 Å². The second-order valence-electron chi connectivity index (χ2n) is 3.98. The Hall–Kier alpha value is -2.37. The summed E-state index contributed by atoms with van der Waals surface area (Å²) in [6.07, 6.45) is 0.834. The largest absolute Gasteiger partial charge is 0.366 e. The van der Waals surface area contributed by atoms with E-state index in [2.05, 4.69) is 10.6 Å². The standard InChI is InChI=1S/C13H17N3O3/c1-2-6-15-11(17)8-16-13(19)10-5-3-4-9(7-10)12(14)18/h3-5,7H,2,6,8H2,1H3,(H2,14,18)(H,15,17)(H,16,19). The van der Waals surface area contributed by atoms with Crippen LogP contribution in [-0.2, 0) is 4.79 Å². The van der Waals surface area contributed by atoms with Crippen molar-refractivity contribution in [2.75, 3.05) is 13.1 Å². The molecule has 0 spiro atoms. The molecular weight excluding hydrogens is 246 g/mol. The van der Waals surface area contributed by atoms with Crippen molar-refractivity contribution in [3.05, 3.63) is 35.4 Å². The molecule has 0 aliphatic heterocycles. The number of hydrogen-bond donors (Lipinski definition) is 3. The van der Waals surface area contributed by atoms with Gasteiger partial charge in [-0.1, -0.05) is 13.0 Å². The Morgan fingerprint density at radius 3 is 2.47 bits per heavy atom. The number of amides is 3. The number of nitrogens with two attached hydrogens (primary N) is 1. The van der Waals surface area contributed by atoms with Gasteiger partial charge < -0.3 is 16.4 Å². The van der Waals surface area contributed by atoms with Crippen LogP contribution < -0.4 is 16.4 Å². The fraction of sp³-hybridized carbons (Fsp3) is 0.308. The lowest BCUT2D eigenvalue weighted by Crippen LogP contribution is -2.37. The van der Waals surface area contributed by atoms with Crippen LogP contribution in [-0.4, -0.2) is 30.8 Å². The average Bonchev–Trinajstić information content (AvgIpc) is 2.42. The summed E-state index contributed by atoms with van der Waals surface area (Å²) in [5.41, 5.74) is 5.67. The highest BCUT2D eigenvalue weighted by atomic mass is 16.2. The van der Waals surface area contributed by atoms with Crippen molar-refractivity contribution >= 4 is 17.7 Å². The Morgan fingerprint density at radius 1 is 1.16 bits per heavy atom. The maximum Gasteiger partial charge on any atom is 0.251 e.